The van der Waals surface area contributed by atoms with Crippen molar-refractivity contribution in [1.82, 2.24) is 5.16 Å². The smallest absolute Gasteiger partial charge is 0.343 e. The number of hydrogen-bond acceptors (Lipinski definition) is 4. The fraction of sp³-hybridized carbons (Fsp3) is 0.0909. The van der Waals surface area contributed by atoms with E-state index >= 15 is 0 Å². The molecule has 3 aromatic carbocycles. The first-order chi connectivity index (χ1) is 13.1. The van der Waals surface area contributed by atoms with E-state index in [1.165, 1.54) is 0 Å². The van der Waals surface area contributed by atoms with E-state index in [2.05, 4.69) is 5.16 Å². The predicted octanol–water partition coefficient (Wildman–Crippen LogP) is 5.60. The van der Waals surface area contributed by atoms with Gasteiger partial charge >= 0.3 is 5.97 Å². The second-order valence-corrected chi connectivity index (χ2v) is 6.79. The fourth-order valence-electron chi connectivity index (χ4n) is 2.89. The standard InChI is InChI=1S/C22H16ClNO3/c1-14-3-2-4-16(11-14)22(25)26-18-9-10-19-20(24-27-21(19)13-18)12-15-5-7-17(23)8-6-15/h2-11,13H,12H2,1H3. The summed E-state index contributed by atoms with van der Waals surface area (Å²) in [6, 6.07) is 20.2. The number of fused-ring (bicyclic) bond motifs is 1. The third kappa shape index (κ3) is 3.86. The van der Waals surface area contributed by atoms with Crippen LogP contribution in [-0.2, 0) is 6.42 Å². The number of hydrogen-bond donors (Lipinski definition) is 0. The first kappa shape index (κ1) is 17.3. The highest BCUT2D eigenvalue weighted by Crippen LogP contribution is 2.26. The lowest BCUT2D eigenvalue weighted by Gasteiger charge is -2.05. The number of halogens is 1. The zero-order valence-corrected chi connectivity index (χ0v) is 15.4. The molecule has 0 fully saturated rings. The van der Waals surface area contributed by atoms with E-state index in [1.54, 1.807) is 24.3 Å². The molecule has 4 rings (SSSR count). The Morgan fingerprint density at radius 2 is 1.89 bits per heavy atom. The van der Waals surface area contributed by atoms with Crippen LogP contribution >= 0.6 is 11.6 Å². The molecule has 27 heavy (non-hydrogen) atoms. The number of nitrogens with zero attached hydrogens (tertiary/aromatic N) is 1. The summed E-state index contributed by atoms with van der Waals surface area (Å²) < 4.78 is 10.9. The lowest BCUT2D eigenvalue weighted by Crippen LogP contribution is -2.08. The fourth-order valence-corrected chi connectivity index (χ4v) is 3.02. The highest BCUT2D eigenvalue weighted by Gasteiger charge is 2.13. The molecule has 0 saturated heterocycles. The minimum absolute atomic E-state index is 0.404. The second kappa shape index (κ2) is 7.25. The van der Waals surface area contributed by atoms with Crippen molar-refractivity contribution in [3.63, 3.8) is 0 Å². The summed E-state index contributed by atoms with van der Waals surface area (Å²) in [7, 11) is 0. The van der Waals surface area contributed by atoms with Crippen molar-refractivity contribution < 1.29 is 14.1 Å². The Hall–Kier alpha value is -3.11. The maximum atomic E-state index is 12.3. The van der Waals surface area contributed by atoms with Crippen molar-refractivity contribution in [2.45, 2.75) is 13.3 Å². The van der Waals surface area contributed by atoms with Gasteiger partial charge < -0.3 is 9.26 Å². The van der Waals surface area contributed by atoms with E-state index in [9.17, 15) is 4.79 Å². The van der Waals surface area contributed by atoms with E-state index in [1.807, 2.05) is 49.4 Å². The van der Waals surface area contributed by atoms with Crippen LogP contribution in [0.15, 0.2) is 71.3 Å². The molecular weight excluding hydrogens is 362 g/mol. The number of esters is 1. The van der Waals surface area contributed by atoms with Gasteiger partial charge in [0.1, 0.15) is 5.75 Å². The van der Waals surface area contributed by atoms with Crippen LogP contribution < -0.4 is 4.74 Å². The quantitative estimate of drug-likeness (QED) is 0.343. The average Bonchev–Trinajstić information content (AvgIpc) is 3.05. The third-order valence-corrected chi connectivity index (χ3v) is 4.52. The predicted molar refractivity (Wildman–Crippen MR) is 104 cm³/mol. The lowest BCUT2D eigenvalue weighted by molar-refractivity contribution is 0.0735. The second-order valence-electron chi connectivity index (χ2n) is 6.35. The monoisotopic (exact) mass is 377 g/mol. The van der Waals surface area contributed by atoms with Crippen LogP contribution in [0.4, 0.5) is 0 Å². The van der Waals surface area contributed by atoms with Gasteiger partial charge in [-0.15, -0.1) is 0 Å². The Labute approximate surface area is 161 Å². The molecule has 0 bridgehead atoms. The zero-order chi connectivity index (χ0) is 18.8. The van der Waals surface area contributed by atoms with Gasteiger partial charge in [-0.1, -0.05) is 46.6 Å². The maximum absolute atomic E-state index is 12.3. The molecule has 0 aliphatic heterocycles. The summed E-state index contributed by atoms with van der Waals surface area (Å²) >= 11 is 5.92. The summed E-state index contributed by atoms with van der Waals surface area (Å²) in [5, 5.41) is 5.74. The molecule has 0 spiro atoms. The number of carbonyl (C=O) groups is 1. The van der Waals surface area contributed by atoms with Gasteiger partial charge in [0.2, 0.25) is 0 Å². The minimum atomic E-state index is -0.404. The molecule has 1 aromatic heterocycles. The molecule has 5 heteroatoms. The topological polar surface area (TPSA) is 52.3 Å². The minimum Gasteiger partial charge on any atom is -0.423 e. The average molecular weight is 378 g/mol. The molecule has 0 unspecified atom stereocenters. The van der Waals surface area contributed by atoms with Crippen molar-refractivity contribution in [3.8, 4) is 5.75 Å². The molecule has 134 valence electrons. The van der Waals surface area contributed by atoms with E-state index in [0.29, 0.717) is 28.3 Å². The van der Waals surface area contributed by atoms with Crippen molar-refractivity contribution in [1.29, 1.82) is 0 Å². The van der Waals surface area contributed by atoms with Gasteiger partial charge in [-0.25, -0.2) is 4.79 Å². The third-order valence-electron chi connectivity index (χ3n) is 4.27. The number of carbonyl (C=O) groups excluding carboxylic acids is 1. The number of rotatable bonds is 4. The van der Waals surface area contributed by atoms with E-state index in [0.717, 1.165) is 22.2 Å². The number of benzene rings is 3. The van der Waals surface area contributed by atoms with Crippen molar-refractivity contribution in [2.24, 2.45) is 0 Å². The van der Waals surface area contributed by atoms with E-state index < -0.39 is 5.97 Å². The molecule has 0 radical (unpaired) electrons. The highest BCUT2D eigenvalue weighted by atomic mass is 35.5. The van der Waals surface area contributed by atoms with Crippen molar-refractivity contribution >= 4 is 28.5 Å². The Morgan fingerprint density at radius 3 is 2.67 bits per heavy atom. The molecular formula is C22H16ClNO3. The molecule has 4 aromatic rings. The van der Waals surface area contributed by atoms with Crippen LogP contribution in [0.3, 0.4) is 0 Å². The van der Waals surface area contributed by atoms with Crippen molar-refractivity contribution in [2.75, 3.05) is 0 Å². The Balaban J connectivity index is 1.55. The summed E-state index contributed by atoms with van der Waals surface area (Å²) in [6.07, 6.45) is 0.632. The van der Waals surface area contributed by atoms with Crippen LogP contribution in [0.5, 0.6) is 5.75 Å². The SMILES string of the molecule is Cc1cccc(C(=O)Oc2ccc3c(Cc4ccc(Cl)cc4)noc3c2)c1. The summed E-state index contributed by atoms with van der Waals surface area (Å²) in [5.41, 5.74) is 4.00. The number of aryl methyl sites for hydroxylation is 1. The van der Waals surface area contributed by atoms with Crippen LogP contribution in [0.2, 0.25) is 5.02 Å². The molecule has 0 amide bonds. The lowest BCUT2D eigenvalue weighted by atomic mass is 10.1. The maximum Gasteiger partial charge on any atom is 0.343 e. The van der Waals surface area contributed by atoms with Gasteiger partial charge in [-0.2, -0.15) is 0 Å². The summed E-state index contributed by atoms with van der Waals surface area (Å²) in [6.45, 7) is 1.93. The Morgan fingerprint density at radius 1 is 1.07 bits per heavy atom. The molecule has 0 N–H and O–H groups in total. The van der Waals surface area contributed by atoms with Gasteiger partial charge in [0.25, 0.3) is 0 Å². The summed E-state index contributed by atoms with van der Waals surface area (Å²) in [4.78, 5) is 12.3. The van der Waals surface area contributed by atoms with Gasteiger partial charge in [0.15, 0.2) is 5.58 Å². The van der Waals surface area contributed by atoms with E-state index in [-0.39, 0.29) is 0 Å². The normalized spacial score (nSPS) is 10.9. The molecule has 1 heterocycles. The highest BCUT2D eigenvalue weighted by molar-refractivity contribution is 6.30. The van der Waals surface area contributed by atoms with Crippen LogP contribution in [-0.4, -0.2) is 11.1 Å². The van der Waals surface area contributed by atoms with Crippen LogP contribution in [0.25, 0.3) is 11.0 Å². The summed E-state index contributed by atoms with van der Waals surface area (Å²) in [5.74, 6) is 0.0159. The van der Waals surface area contributed by atoms with Crippen LogP contribution in [0.1, 0.15) is 27.2 Å². The first-order valence-corrected chi connectivity index (χ1v) is 8.88. The zero-order valence-electron chi connectivity index (χ0n) is 14.6. The number of aromatic nitrogens is 1. The van der Waals surface area contributed by atoms with Crippen LogP contribution in [0, 0.1) is 6.92 Å². The van der Waals surface area contributed by atoms with Crippen molar-refractivity contribution in [3.05, 3.63) is 94.1 Å². The number of ether oxygens (including phenoxy) is 1. The van der Waals surface area contributed by atoms with Gasteiger partial charge in [0, 0.05) is 22.9 Å². The molecule has 0 atom stereocenters. The Bertz CT molecular complexity index is 1120. The van der Waals surface area contributed by atoms with Gasteiger partial charge in [0.05, 0.1) is 11.3 Å². The van der Waals surface area contributed by atoms with Gasteiger partial charge in [-0.3, -0.25) is 0 Å². The first-order valence-electron chi connectivity index (χ1n) is 8.50. The molecule has 0 aliphatic carbocycles. The molecule has 4 nitrogen and oxygen atoms in total. The largest absolute Gasteiger partial charge is 0.423 e. The van der Waals surface area contributed by atoms with Gasteiger partial charge in [-0.05, 0) is 48.9 Å². The molecule has 0 saturated carbocycles. The van der Waals surface area contributed by atoms with E-state index in [4.69, 9.17) is 20.9 Å². The Kier molecular flexibility index (Phi) is 4.65. The molecule has 0 aliphatic rings.